The Morgan fingerprint density at radius 1 is 1.23 bits per heavy atom. The molecular formula is C22H28IN5O3. The van der Waals surface area contributed by atoms with Gasteiger partial charge >= 0.3 is 5.97 Å². The second kappa shape index (κ2) is 12.1. The summed E-state index contributed by atoms with van der Waals surface area (Å²) >= 11 is 0. The van der Waals surface area contributed by atoms with E-state index in [0.717, 1.165) is 12.1 Å². The third-order valence-electron chi connectivity index (χ3n) is 4.57. The molecule has 2 aromatic heterocycles. The van der Waals surface area contributed by atoms with E-state index in [1.54, 1.807) is 19.2 Å². The summed E-state index contributed by atoms with van der Waals surface area (Å²) in [6.45, 7) is 6.10. The van der Waals surface area contributed by atoms with Crippen LogP contribution in [0.15, 0.2) is 58.2 Å². The number of esters is 1. The van der Waals surface area contributed by atoms with Crippen molar-refractivity contribution in [1.82, 2.24) is 20.4 Å². The Morgan fingerprint density at radius 3 is 2.68 bits per heavy atom. The first-order valence-electron chi connectivity index (χ1n) is 9.84. The molecule has 3 aromatic rings. The highest BCUT2D eigenvalue weighted by Crippen LogP contribution is 2.15. The molecule has 2 heterocycles. The van der Waals surface area contributed by atoms with E-state index >= 15 is 0 Å². The molecule has 0 fully saturated rings. The second-order valence-electron chi connectivity index (χ2n) is 6.70. The lowest BCUT2D eigenvalue weighted by molar-refractivity contribution is 0.0599. The first-order valence-corrected chi connectivity index (χ1v) is 9.84. The highest BCUT2D eigenvalue weighted by atomic mass is 127. The van der Waals surface area contributed by atoms with Crippen LogP contribution in [0.5, 0.6) is 0 Å². The number of hydrogen-bond donors (Lipinski definition) is 2. The summed E-state index contributed by atoms with van der Waals surface area (Å²) in [6, 6.07) is 11.8. The van der Waals surface area contributed by atoms with Gasteiger partial charge < -0.3 is 19.8 Å². The number of ether oxygens (including phenoxy) is 1. The molecule has 2 N–H and O–H groups in total. The molecule has 0 radical (unpaired) electrons. The van der Waals surface area contributed by atoms with E-state index in [9.17, 15) is 4.79 Å². The SMILES string of the molecule is CCNC(=NCc1ccccc1Cn1cccn1)NCc1cc(C(=O)OC)c(C)o1.I. The second-order valence-corrected chi connectivity index (χ2v) is 6.70. The first-order chi connectivity index (χ1) is 14.6. The van der Waals surface area contributed by atoms with Crippen molar-refractivity contribution in [2.24, 2.45) is 4.99 Å². The van der Waals surface area contributed by atoms with Crippen LogP contribution in [0.4, 0.5) is 0 Å². The molecule has 0 spiro atoms. The van der Waals surface area contributed by atoms with Crippen molar-refractivity contribution < 1.29 is 13.9 Å². The third-order valence-corrected chi connectivity index (χ3v) is 4.57. The van der Waals surface area contributed by atoms with Crippen molar-refractivity contribution in [3.05, 3.63) is 77.0 Å². The number of carbonyl (C=O) groups excluding carboxylic acids is 1. The maximum absolute atomic E-state index is 11.7. The zero-order valence-electron chi connectivity index (χ0n) is 17.9. The Kier molecular flexibility index (Phi) is 9.57. The van der Waals surface area contributed by atoms with Gasteiger partial charge in [-0.2, -0.15) is 5.10 Å². The van der Waals surface area contributed by atoms with Crippen molar-refractivity contribution in [1.29, 1.82) is 0 Å². The molecule has 9 heteroatoms. The average molecular weight is 537 g/mol. The molecule has 31 heavy (non-hydrogen) atoms. The van der Waals surface area contributed by atoms with Gasteiger partial charge in [0.05, 0.1) is 26.7 Å². The van der Waals surface area contributed by atoms with Crippen LogP contribution in [0.1, 0.15) is 39.9 Å². The highest BCUT2D eigenvalue weighted by molar-refractivity contribution is 14.0. The Balaban J connectivity index is 0.00000341. The molecule has 3 rings (SSSR count). The topological polar surface area (TPSA) is 93.7 Å². The highest BCUT2D eigenvalue weighted by Gasteiger charge is 2.15. The van der Waals surface area contributed by atoms with E-state index in [1.807, 2.05) is 36.0 Å². The number of rotatable bonds is 8. The van der Waals surface area contributed by atoms with Gasteiger partial charge in [-0.05, 0) is 37.1 Å². The third kappa shape index (κ3) is 6.84. The van der Waals surface area contributed by atoms with Crippen LogP contribution in [0, 0.1) is 6.92 Å². The zero-order chi connectivity index (χ0) is 21.3. The molecule has 166 valence electrons. The molecule has 0 unspecified atom stereocenters. The van der Waals surface area contributed by atoms with E-state index in [0.29, 0.717) is 42.7 Å². The molecular weight excluding hydrogens is 509 g/mol. The van der Waals surface area contributed by atoms with Crippen LogP contribution in [-0.2, 0) is 24.4 Å². The molecule has 0 atom stereocenters. The fraction of sp³-hybridized carbons (Fsp3) is 0.318. The number of nitrogens with zero attached hydrogens (tertiary/aromatic N) is 3. The summed E-state index contributed by atoms with van der Waals surface area (Å²) in [5.74, 6) is 1.43. The van der Waals surface area contributed by atoms with Gasteiger partial charge in [0.15, 0.2) is 5.96 Å². The predicted molar refractivity (Wildman–Crippen MR) is 130 cm³/mol. The molecule has 0 amide bonds. The number of carbonyl (C=O) groups is 1. The molecule has 0 aliphatic carbocycles. The van der Waals surface area contributed by atoms with Crippen molar-refractivity contribution in [3.63, 3.8) is 0 Å². The van der Waals surface area contributed by atoms with Crippen molar-refractivity contribution >= 4 is 35.9 Å². The summed E-state index contributed by atoms with van der Waals surface area (Å²) in [7, 11) is 1.35. The maximum atomic E-state index is 11.7. The number of halogens is 1. The van der Waals surface area contributed by atoms with Crippen molar-refractivity contribution in [3.8, 4) is 0 Å². The summed E-state index contributed by atoms with van der Waals surface area (Å²) < 4.78 is 12.3. The fourth-order valence-corrected chi connectivity index (χ4v) is 3.05. The number of nitrogens with one attached hydrogen (secondary N) is 2. The summed E-state index contributed by atoms with van der Waals surface area (Å²) in [6.07, 6.45) is 3.72. The zero-order valence-corrected chi connectivity index (χ0v) is 20.3. The summed E-state index contributed by atoms with van der Waals surface area (Å²) in [5.41, 5.74) is 2.74. The van der Waals surface area contributed by atoms with Crippen LogP contribution in [0.2, 0.25) is 0 Å². The van der Waals surface area contributed by atoms with Crippen LogP contribution in [-0.4, -0.2) is 35.4 Å². The number of aliphatic imine (C=N–C) groups is 1. The quantitative estimate of drug-likeness (QED) is 0.198. The molecule has 0 saturated heterocycles. The van der Waals surface area contributed by atoms with Gasteiger partial charge in [-0.3, -0.25) is 4.68 Å². The molecule has 0 saturated carbocycles. The van der Waals surface area contributed by atoms with Crippen LogP contribution < -0.4 is 10.6 Å². The Bertz CT molecular complexity index is 999. The summed E-state index contributed by atoms with van der Waals surface area (Å²) in [5, 5.41) is 10.8. The lowest BCUT2D eigenvalue weighted by Crippen LogP contribution is -2.36. The number of hydrogen-bond acceptors (Lipinski definition) is 5. The number of benzene rings is 1. The Labute approximate surface area is 199 Å². The summed E-state index contributed by atoms with van der Waals surface area (Å²) in [4.78, 5) is 16.4. The Hall–Kier alpha value is -2.82. The number of guanidine groups is 1. The molecule has 8 nitrogen and oxygen atoms in total. The van der Waals surface area contributed by atoms with Gasteiger partial charge in [0, 0.05) is 18.9 Å². The minimum atomic E-state index is -0.406. The van der Waals surface area contributed by atoms with E-state index in [2.05, 4.69) is 27.9 Å². The minimum Gasteiger partial charge on any atom is -0.465 e. The number of aromatic nitrogens is 2. The predicted octanol–water partition coefficient (Wildman–Crippen LogP) is 3.49. The first kappa shape index (κ1) is 24.4. The molecule has 1 aromatic carbocycles. The van der Waals surface area contributed by atoms with Gasteiger partial charge in [0.1, 0.15) is 17.1 Å². The van der Waals surface area contributed by atoms with E-state index < -0.39 is 5.97 Å². The van der Waals surface area contributed by atoms with Crippen LogP contribution in [0.25, 0.3) is 0 Å². The maximum Gasteiger partial charge on any atom is 0.341 e. The lowest BCUT2D eigenvalue weighted by Gasteiger charge is -2.12. The Morgan fingerprint density at radius 2 is 2.00 bits per heavy atom. The number of aryl methyl sites for hydroxylation is 1. The van der Waals surface area contributed by atoms with Gasteiger partial charge in [0.25, 0.3) is 0 Å². The number of methoxy groups -OCH3 is 1. The van der Waals surface area contributed by atoms with Gasteiger partial charge in [-0.15, -0.1) is 24.0 Å². The normalized spacial score (nSPS) is 11.0. The van der Waals surface area contributed by atoms with E-state index in [-0.39, 0.29) is 24.0 Å². The van der Waals surface area contributed by atoms with Crippen LogP contribution >= 0.6 is 24.0 Å². The van der Waals surface area contributed by atoms with Gasteiger partial charge in [-0.25, -0.2) is 9.79 Å². The van der Waals surface area contributed by atoms with Crippen molar-refractivity contribution in [2.75, 3.05) is 13.7 Å². The van der Waals surface area contributed by atoms with Gasteiger partial charge in [0.2, 0.25) is 0 Å². The van der Waals surface area contributed by atoms with Crippen LogP contribution in [0.3, 0.4) is 0 Å². The standard InChI is InChI=1S/C22H27N5O3.HI/c1-4-23-22(25-14-19-12-20(16(2)30-19)21(28)29-3)24-13-17-8-5-6-9-18(17)15-27-11-7-10-26-27;/h5-12H,4,13-15H2,1-3H3,(H2,23,24,25);1H. The molecule has 0 bridgehead atoms. The largest absolute Gasteiger partial charge is 0.465 e. The lowest BCUT2D eigenvalue weighted by atomic mass is 10.1. The van der Waals surface area contributed by atoms with Gasteiger partial charge in [-0.1, -0.05) is 24.3 Å². The fourth-order valence-electron chi connectivity index (χ4n) is 3.05. The van der Waals surface area contributed by atoms with Crippen molar-refractivity contribution in [2.45, 2.75) is 33.5 Å². The minimum absolute atomic E-state index is 0. The monoisotopic (exact) mass is 537 g/mol. The van der Waals surface area contributed by atoms with E-state index in [4.69, 9.17) is 14.1 Å². The number of furan rings is 1. The molecule has 0 aliphatic rings. The molecule has 0 aliphatic heterocycles. The average Bonchev–Trinajstić information content (AvgIpc) is 3.40. The smallest absolute Gasteiger partial charge is 0.341 e. The van der Waals surface area contributed by atoms with E-state index in [1.165, 1.54) is 12.7 Å².